The predicted octanol–water partition coefficient (Wildman–Crippen LogP) is 3.45. The fraction of sp³-hybridized carbons (Fsp3) is 0.333. The molecule has 174 valence electrons. The molecule has 5 atom stereocenters. The lowest BCUT2D eigenvalue weighted by molar-refractivity contribution is -0.315. The van der Waals surface area contributed by atoms with Crippen molar-refractivity contribution in [2.24, 2.45) is 0 Å². The van der Waals surface area contributed by atoms with Crippen LogP contribution in [0.4, 0.5) is 0 Å². The zero-order valence-electron chi connectivity index (χ0n) is 18.4. The summed E-state index contributed by atoms with van der Waals surface area (Å²) in [5, 5.41) is 20.7. The summed E-state index contributed by atoms with van der Waals surface area (Å²) in [7, 11) is 0. The summed E-state index contributed by atoms with van der Waals surface area (Å²) >= 11 is 0. The average molecular weight is 451 g/mol. The van der Waals surface area contributed by atoms with Crippen molar-refractivity contribution in [2.75, 3.05) is 6.61 Å². The Labute approximate surface area is 194 Å². The van der Waals surface area contributed by atoms with Crippen LogP contribution in [0.25, 0.3) is 0 Å². The van der Waals surface area contributed by atoms with E-state index in [1.54, 1.807) is 0 Å². The summed E-state index contributed by atoms with van der Waals surface area (Å²) in [6.45, 7) is 0.601. The molecule has 0 amide bonds. The minimum absolute atomic E-state index is 0.284. The molecule has 1 aliphatic heterocycles. The molecule has 0 aliphatic carbocycles. The van der Waals surface area contributed by atoms with Crippen LogP contribution >= 0.6 is 0 Å². The first-order chi connectivity index (χ1) is 16.2. The summed E-state index contributed by atoms with van der Waals surface area (Å²) in [5.41, 5.74) is 2.95. The Hall–Kier alpha value is -2.58. The van der Waals surface area contributed by atoms with Crippen LogP contribution in [-0.2, 0) is 38.8 Å². The van der Waals surface area contributed by atoms with Crippen molar-refractivity contribution in [2.45, 2.75) is 50.5 Å². The van der Waals surface area contributed by atoms with Gasteiger partial charge in [0.1, 0.15) is 24.4 Å². The fourth-order valence-electron chi connectivity index (χ4n) is 3.91. The third kappa shape index (κ3) is 6.48. The average Bonchev–Trinajstić information content (AvgIpc) is 2.87. The molecule has 1 heterocycles. The smallest absolute Gasteiger partial charge is 0.184 e. The summed E-state index contributed by atoms with van der Waals surface area (Å²) in [6, 6.07) is 29.3. The van der Waals surface area contributed by atoms with E-state index < -0.39 is 30.7 Å². The van der Waals surface area contributed by atoms with Gasteiger partial charge in [0, 0.05) is 0 Å². The highest BCUT2D eigenvalue weighted by molar-refractivity contribution is 5.15. The van der Waals surface area contributed by atoms with Gasteiger partial charge >= 0.3 is 0 Å². The minimum Gasteiger partial charge on any atom is -0.394 e. The van der Waals surface area contributed by atoms with E-state index in [1.807, 2.05) is 91.0 Å². The first kappa shape index (κ1) is 23.6. The van der Waals surface area contributed by atoms with Crippen molar-refractivity contribution in [3.05, 3.63) is 108 Å². The van der Waals surface area contributed by atoms with Crippen LogP contribution in [-0.4, -0.2) is 47.5 Å². The Morgan fingerprint density at radius 2 is 0.970 bits per heavy atom. The van der Waals surface area contributed by atoms with Gasteiger partial charge in [-0.2, -0.15) is 0 Å². The Balaban J connectivity index is 1.53. The monoisotopic (exact) mass is 450 g/mol. The molecule has 0 bridgehead atoms. The van der Waals surface area contributed by atoms with Crippen molar-refractivity contribution in [3.8, 4) is 0 Å². The number of aliphatic hydroxyl groups excluding tert-OH is 2. The number of rotatable bonds is 10. The van der Waals surface area contributed by atoms with Gasteiger partial charge in [-0.25, -0.2) is 0 Å². The van der Waals surface area contributed by atoms with E-state index in [2.05, 4.69) is 0 Å². The largest absolute Gasteiger partial charge is 0.394 e. The Bertz CT molecular complexity index is 937. The summed E-state index contributed by atoms with van der Waals surface area (Å²) in [5.74, 6) is 0. The highest BCUT2D eigenvalue weighted by Crippen LogP contribution is 2.29. The van der Waals surface area contributed by atoms with E-state index in [1.165, 1.54) is 0 Å². The van der Waals surface area contributed by atoms with E-state index in [4.69, 9.17) is 18.9 Å². The summed E-state index contributed by atoms with van der Waals surface area (Å²) in [6.07, 6.45) is -4.09. The van der Waals surface area contributed by atoms with Gasteiger partial charge in [-0.3, -0.25) is 0 Å². The van der Waals surface area contributed by atoms with Gasteiger partial charge in [0.25, 0.3) is 0 Å². The molecule has 6 heteroatoms. The van der Waals surface area contributed by atoms with E-state index >= 15 is 0 Å². The highest BCUT2D eigenvalue weighted by Gasteiger charge is 2.47. The van der Waals surface area contributed by atoms with Crippen LogP contribution in [0, 0.1) is 0 Å². The van der Waals surface area contributed by atoms with Gasteiger partial charge < -0.3 is 29.2 Å². The number of benzene rings is 3. The first-order valence-electron chi connectivity index (χ1n) is 11.2. The lowest BCUT2D eigenvalue weighted by Crippen LogP contribution is -2.61. The number of hydrogen-bond acceptors (Lipinski definition) is 6. The molecule has 6 nitrogen and oxygen atoms in total. The maximum atomic E-state index is 10.7. The maximum absolute atomic E-state index is 10.7. The zero-order valence-corrected chi connectivity index (χ0v) is 18.4. The molecular weight excluding hydrogens is 420 g/mol. The molecule has 1 unspecified atom stereocenters. The van der Waals surface area contributed by atoms with Gasteiger partial charge in [-0.15, -0.1) is 0 Å². The third-order valence-electron chi connectivity index (χ3n) is 5.65. The van der Waals surface area contributed by atoms with Gasteiger partial charge in [-0.1, -0.05) is 91.0 Å². The molecule has 4 rings (SSSR count). The Kier molecular flexibility index (Phi) is 8.60. The van der Waals surface area contributed by atoms with Crippen LogP contribution in [0.5, 0.6) is 0 Å². The van der Waals surface area contributed by atoms with E-state index in [0.717, 1.165) is 16.7 Å². The normalized spacial score (nSPS) is 25.1. The minimum atomic E-state index is -1.26. The predicted molar refractivity (Wildman–Crippen MR) is 123 cm³/mol. The summed E-state index contributed by atoms with van der Waals surface area (Å²) in [4.78, 5) is 0. The SMILES string of the molecule is OC[C@H]1OC(O)[C@@H](OCc2ccccc2)[C@@H](OCc2ccccc2)[C@@H]1OCc1ccccc1. The second-order valence-corrected chi connectivity index (χ2v) is 8.03. The van der Waals surface area contributed by atoms with Crippen LogP contribution in [0.2, 0.25) is 0 Å². The quantitative estimate of drug-likeness (QED) is 0.493. The standard InChI is InChI=1S/C27H30O6/c28-16-23-24(30-17-20-10-4-1-5-11-20)25(31-18-21-12-6-2-7-13-21)26(27(29)33-23)32-19-22-14-8-3-9-15-22/h1-15,23-29H,16-19H2/t23-,24-,25+,26+,27?/m1/s1. The lowest BCUT2D eigenvalue weighted by Gasteiger charge is -2.44. The third-order valence-corrected chi connectivity index (χ3v) is 5.65. The van der Waals surface area contributed by atoms with Crippen LogP contribution in [0.1, 0.15) is 16.7 Å². The Morgan fingerprint density at radius 3 is 1.39 bits per heavy atom. The van der Waals surface area contributed by atoms with Gasteiger partial charge in [-0.05, 0) is 16.7 Å². The summed E-state index contributed by atoms with van der Waals surface area (Å²) < 4.78 is 24.3. The number of ether oxygens (including phenoxy) is 4. The lowest BCUT2D eigenvalue weighted by atomic mass is 9.98. The van der Waals surface area contributed by atoms with Crippen LogP contribution in [0.15, 0.2) is 91.0 Å². The molecule has 2 N–H and O–H groups in total. The van der Waals surface area contributed by atoms with Crippen molar-refractivity contribution in [1.29, 1.82) is 0 Å². The maximum Gasteiger partial charge on any atom is 0.184 e. The molecule has 3 aromatic rings. The highest BCUT2D eigenvalue weighted by atomic mass is 16.7. The van der Waals surface area contributed by atoms with Gasteiger partial charge in [0.2, 0.25) is 0 Å². The van der Waals surface area contributed by atoms with Gasteiger partial charge in [0.05, 0.1) is 26.4 Å². The van der Waals surface area contributed by atoms with Crippen LogP contribution in [0.3, 0.4) is 0 Å². The molecule has 33 heavy (non-hydrogen) atoms. The van der Waals surface area contributed by atoms with Crippen molar-refractivity contribution >= 4 is 0 Å². The molecule has 0 aromatic heterocycles. The molecule has 0 spiro atoms. The molecular formula is C27H30O6. The topological polar surface area (TPSA) is 77.4 Å². The zero-order chi connectivity index (χ0) is 22.9. The van der Waals surface area contributed by atoms with Gasteiger partial charge in [0.15, 0.2) is 6.29 Å². The van der Waals surface area contributed by atoms with Crippen molar-refractivity contribution in [1.82, 2.24) is 0 Å². The molecule has 1 fully saturated rings. The number of aliphatic hydroxyl groups is 2. The second kappa shape index (κ2) is 12.0. The molecule has 0 radical (unpaired) electrons. The Morgan fingerprint density at radius 1 is 0.576 bits per heavy atom. The molecule has 1 aliphatic rings. The van der Waals surface area contributed by atoms with Crippen molar-refractivity contribution in [3.63, 3.8) is 0 Å². The molecule has 1 saturated heterocycles. The van der Waals surface area contributed by atoms with E-state index in [-0.39, 0.29) is 13.2 Å². The van der Waals surface area contributed by atoms with Crippen LogP contribution < -0.4 is 0 Å². The second-order valence-electron chi connectivity index (χ2n) is 8.03. The van der Waals surface area contributed by atoms with E-state index in [0.29, 0.717) is 13.2 Å². The first-order valence-corrected chi connectivity index (χ1v) is 11.2. The number of hydrogen-bond donors (Lipinski definition) is 2. The fourth-order valence-corrected chi connectivity index (χ4v) is 3.91. The molecule has 3 aromatic carbocycles. The van der Waals surface area contributed by atoms with Crippen molar-refractivity contribution < 1.29 is 29.2 Å². The molecule has 0 saturated carbocycles. The van der Waals surface area contributed by atoms with E-state index in [9.17, 15) is 10.2 Å².